The molecule has 0 bridgehead atoms. The molecule has 0 aliphatic carbocycles. The zero-order chi connectivity index (χ0) is 57.8. The average molecular weight is 1220 g/mol. The van der Waals surface area contributed by atoms with Crippen LogP contribution in [0.1, 0.15) is 51.3 Å². The molecule has 4 fully saturated rings. The van der Waals surface area contributed by atoms with Gasteiger partial charge in [-0.15, -0.1) is 0 Å². The molecule has 4 aliphatic heterocycles. The highest BCUT2D eigenvalue weighted by molar-refractivity contribution is 7.79. The van der Waals surface area contributed by atoms with Crippen LogP contribution in [0.15, 0.2) is 157 Å². The van der Waals surface area contributed by atoms with Gasteiger partial charge in [-0.3, -0.25) is 0 Å². The van der Waals surface area contributed by atoms with E-state index in [2.05, 4.69) is 142 Å². The molecule has 83 heavy (non-hydrogen) atoms. The van der Waals surface area contributed by atoms with Gasteiger partial charge in [-0.05, 0) is 104 Å². The summed E-state index contributed by atoms with van der Waals surface area (Å²) in [6.45, 7) is 8.70. The van der Waals surface area contributed by atoms with Crippen LogP contribution in [0.4, 0.5) is 11.6 Å². The Morgan fingerprint density at radius 1 is 0.554 bits per heavy atom. The van der Waals surface area contributed by atoms with Gasteiger partial charge in [-0.25, -0.2) is 9.36 Å². The van der Waals surface area contributed by atoms with Gasteiger partial charge in [0.25, 0.3) is 0 Å². The molecular formula is C58H57Cl4N14O6P. The Labute approximate surface area is 499 Å². The van der Waals surface area contributed by atoms with Gasteiger partial charge < -0.3 is 44.8 Å². The minimum Gasteiger partial charge on any atom is -0.365 e. The molecule has 4 saturated heterocycles. The Morgan fingerprint density at radius 2 is 0.940 bits per heavy atom. The molecule has 5 aromatic carbocycles. The summed E-state index contributed by atoms with van der Waals surface area (Å²) in [5.41, 5.74) is 17.5. The van der Waals surface area contributed by atoms with Gasteiger partial charge in [0.15, 0.2) is 35.3 Å². The van der Waals surface area contributed by atoms with Crippen molar-refractivity contribution in [3.8, 4) is 0 Å². The third-order valence-corrected chi connectivity index (χ3v) is 17.5. The number of anilines is 2. The molecule has 4 N–H and O–H groups in total. The third-order valence-electron chi connectivity index (χ3n) is 14.0. The predicted molar refractivity (Wildman–Crippen MR) is 322 cm³/mol. The second kappa shape index (κ2) is 25.3. The predicted octanol–water partition coefficient (Wildman–Crippen LogP) is 11.0. The molecule has 0 unspecified atom stereocenters. The van der Waals surface area contributed by atoms with Crippen molar-refractivity contribution in [2.75, 3.05) is 23.7 Å². The fraction of sp³-hybridized carbons (Fsp3) is 0.310. The van der Waals surface area contributed by atoms with Crippen LogP contribution in [0.5, 0.6) is 0 Å². The van der Waals surface area contributed by atoms with Crippen LogP contribution in [0.2, 0.25) is 20.6 Å². The maximum atomic E-state index is 8.74. The van der Waals surface area contributed by atoms with Crippen molar-refractivity contribution in [2.24, 2.45) is 10.8 Å². The Balaban J connectivity index is 0.000000135. The van der Waals surface area contributed by atoms with Gasteiger partial charge in [0.05, 0.1) is 35.8 Å². The number of benzene rings is 5. The maximum Gasteiger partial charge on any atom is 0.226 e. The summed E-state index contributed by atoms with van der Waals surface area (Å²) in [7, 11) is -0.446. The van der Waals surface area contributed by atoms with E-state index >= 15 is 0 Å². The third kappa shape index (κ3) is 12.9. The summed E-state index contributed by atoms with van der Waals surface area (Å²) in [6.07, 6.45) is -0.274. The standard InChI is InChI=1S/C20H20Cl2N8O3.C20H22Cl2N6O3.C18H15P/c1-20(2)32-14-13(9-25-29-23)31-18(15(14)33-20)30-17-11(8-26-30)16(27-19(22)28-17)24-7-10-5-3-4-6-12(10)21;1-20(2)30-14-13(7-23)29-18(15(14)31-20)28-17-11(9-25-28)16(26-19(22)27-17)24-8-10-5-3-4-6-12(10)21;1-4-10-16(11-5-1)19(17-12-6-2-7-13-17)18-14-8-3-9-15-18/h3-6,8,13-15,18H,7,9H2,1-2H3,(H,24,27,28);3-6,9,13-15,18H,7-8,23H2,1-2H3,(H,24,26,27);1-15H/t2*13-,14-,15-,18-;/m11./s1. The molecule has 0 amide bonds. The van der Waals surface area contributed by atoms with E-state index in [-0.39, 0.29) is 35.4 Å². The largest absolute Gasteiger partial charge is 0.365 e. The van der Waals surface area contributed by atoms with Crippen LogP contribution in [0, 0.1) is 0 Å². The van der Waals surface area contributed by atoms with Gasteiger partial charge in [-0.1, -0.05) is 156 Å². The van der Waals surface area contributed by atoms with Gasteiger partial charge in [0.1, 0.15) is 42.2 Å². The maximum absolute atomic E-state index is 8.74. The molecule has 20 nitrogen and oxygen atoms in total. The zero-order valence-electron chi connectivity index (χ0n) is 45.3. The van der Waals surface area contributed by atoms with Crippen LogP contribution < -0.4 is 32.3 Å². The molecule has 428 valence electrons. The smallest absolute Gasteiger partial charge is 0.226 e. The fourth-order valence-corrected chi connectivity index (χ4v) is 13.5. The zero-order valence-corrected chi connectivity index (χ0v) is 49.2. The van der Waals surface area contributed by atoms with Crippen molar-refractivity contribution < 1.29 is 28.4 Å². The Kier molecular flexibility index (Phi) is 17.8. The van der Waals surface area contributed by atoms with E-state index in [1.165, 1.54) is 15.9 Å². The number of halogens is 4. The summed E-state index contributed by atoms with van der Waals surface area (Å²) in [5.74, 6) is -0.485. The number of fused-ring (bicyclic) bond motifs is 4. The average Bonchev–Trinajstić information content (AvgIpc) is 3.01. The van der Waals surface area contributed by atoms with E-state index in [1.807, 2.05) is 76.2 Å². The molecule has 0 saturated carbocycles. The Bertz CT molecular complexity index is 3660. The number of ether oxygens (including phenoxy) is 6. The molecule has 25 heteroatoms. The first-order chi connectivity index (χ1) is 40.2. The normalized spacial score (nSPS) is 22.7. The van der Waals surface area contributed by atoms with E-state index in [0.29, 0.717) is 63.4 Å². The minimum absolute atomic E-state index is 0.0509. The number of hydrogen-bond donors (Lipinski definition) is 3. The van der Waals surface area contributed by atoms with Gasteiger partial charge >= 0.3 is 0 Å². The van der Waals surface area contributed by atoms with Gasteiger partial charge in [-0.2, -0.15) is 30.1 Å². The first-order valence-corrected chi connectivity index (χ1v) is 29.5. The summed E-state index contributed by atoms with van der Waals surface area (Å²) >= 11 is 25.0. The summed E-state index contributed by atoms with van der Waals surface area (Å²) in [6, 6.07) is 47.5. The van der Waals surface area contributed by atoms with E-state index in [1.54, 1.807) is 21.8 Å². The molecule has 8 heterocycles. The number of nitrogens with one attached hydrogen (secondary N) is 2. The molecule has 0 radical (unpaired) electrons. The summed E-state index contributed by atoms with van der Waals surface area (Å²) in [4.78, 5) is 20.3. The molecule has 8 atom stereocenters. The van der Waals surface area contributed by atoms with E-state index in [4.69, 9.17) is 86.1 Å². The SMILES string of the molecule is CC1(C)O[C@@H]2[C@H](O1)[C@@H](CN)O[C@H]2n1ncc2c(NCc3ccccc3Cl)nc(Cl)nc21.CC1(C)O[C@@H]2[C@H](O1)[C@@H](CN=[N+]=[N-])O[C@H]2n1ncc2c(NCc3ccccc3Cl)nc(Cl)nc21.c1ccc(P(c2ccccc2)c2ccccc2)cc1. The minimum atomic E-state index is -0.816. The molecule has 13 rings (SSSR count). The number of rotatable bonds is 14. The second-order valence-electron chi connectivity index (χ2n) is 20.5. The van der Waals surface area contributed by atoms with Crippen molar-refractivity contribution in [3.63, 3.8) is 0 Å². The Hall–Kier alpha value is -6.58. The lowest BCUT2D eigenvalue weighted by molar-refractivity contribution is -0.196. The number of nitrogens with zero attached hydrogens (tertiary/aromatic N) is 11. The van der Waals surface area contributed by atoms with Crippen molar-refractivity contribution in [3.05, 3.63) is 194 Å². The molecule has 0 spiro atoms. The van der Waals surface area contributed by atoms with E-state index < -0.39 is 50.3 Å². The topological polar surface area (TPSA) is 241 Å². The van der Waals surface area contributed by atoms with Gasteiger partial charge in [0.2, 0.25) is 10.6 Å². The van der Waals surface area contributed by atoms with Crippen LogP contribution in [-0.2, 0) is 41.5 Å². The molecular weight excluding hydrogens is 1160 g/mol. The van der Waals surface area contributed by atoms with Gasteiger partial charge in [0, 0.05) is 34.6 Å². The first kappa shape index (κ1) is 58.2. The van der Waals surface area contributed by atoms with Crippen molar-refractivity contribution in [1.82, 2.24) is 39.5 Å². The van der Waals surface area contributed by atoms with Crippen LogP contribution >= 0.6 is 54.3 Å². The molecule has 4 aromatic heterocycles. The lowest BCUT2D eigenvalue weighted by Crippen LogP contribution is -2.34. The Morgan fingerprint density at radius 3 is 1.35 bits per heavy atom. The number of aromatic nitrogens is 8. The number of azide groups is 1. The highest BCUT2D eigenvalue weighted by Crippen LogP contribution is 2.46. The quantitative estimate of drug-likeness (QED) is 0.0301. The lowest BCUT2D eigenvalue weighted by atomic mass is 10.1. The monoisotopic (exact) mass is 1220 g/mol. The molecule has 4 aliphatic rings. The highest BCUT2D eigenvalue weighted by atomic mass is 35.5. The van der Waals surface area contributed by atoms with E-state index in [0.717, 1.165) is 11.1 Å². The fourth-order valence-electron chi connectivity index (χ4n) is 10.4. The number of nitrogens with two attached hydrogens (primary N) is 1. The summed E-state index contributed by atoms with van der Waals surface area (Å²) in [5, 5.41) is 26.2. The second-order valence-corrected chi connectivity index (χ2v) is 24.2. The first-order valence-electron chi connectivity index (χ1n) is 26.6. The van der Waals surface area contributed by atoms with Crippen molar-refractivity contribution in [2.45, 2.75) is 101 Å². The van der Waals surface area contributed by atoms with Crippen LogP contribution in [0.25, 0.3) is 32.5 Å². The van der Waals surface area contributed by atoms with E-state index in [9.17, 15) is 0 Å². The van der Waals surface area contributed by atoms with Crippen molar-refractivity contribution >= 4 is 104 Å². The van der Waals surface area contributed by atoms with Crippen LogP contribution in [0.3, 0.4) is 0 Å². The highest BCUT2D eigenvalue weighted by Gasteiger charge is 2.57. The molecule has 9 aromatic rings. The summed E-state index contributed by atoms with van der Waals surface area (Å²) < 4.78 is 39.8. The lowest BCUT2D eigenvalue weighted by Gasteiger charge is -2.24. The van der Waals surface area contributed by atoms with Crippen molar-refractivity contribution in [1.29, 1.82) is 0 Å². The number of hydrogen-bond acceptors (Lipinski definition) is 16. The van der Waals surface area contributed by atoms with Crippen LogP contribution in [-0.4, -0.2) is 101 Å².